The van der Waals surface area contributed by atoms with Gasteiger partial charge in [-0.25, -0.2) is 0 Å². The number of nitrogens with one attached hydrogen (secondary N) is 1. The Labute approximate surface area is 180 Å². The van der Waals surface area contributed by atoms with Crippen LogP contribution < -0.4 is 11.1 Å². The number of carbonyl (C=O) groups is 1. The summed E-state index contributed by atoms with van der Waals surface area (Å²) < 4.78 is 5.33. The first-order valence-electron chi connectivity index (χ1n) is 9.71. The highest BCUT2D eigenvalue weighted by molar-refractivity contribution is 5.85. The Bertz CT molecular complexity index is 575. The summed E-state index contributed by atoms with van der Waals surface area (Å²) in [6.45, 7) is 4.71. The van der Waals surface area contributed by atoms with E-state index in [0.717, 1.165) is 50.9 Å². The number of aliphatic hydroxyl groups excluding tert-OH is 1. The van der Waals surface area contributed by atoms with Gasteiger partial charge in [-0.3, -0.25) is 9.69 Å². The Morgan fingerprint density at radius 3 is 2.29 bits per heavy atom. The molecule has 0 radical (unpaired) electrons. The van der Waals surface area contributed by atoms with Crippen LogP contribution in [0.15, 0.2) is 24.3 Å². The van der Waals surface area contributed by atoms with E-state index in [1.165, 1.54) is 5.56 Å². The number of rotatable bonds is 6. The number of benzene rings is 1. The summed E-state index contributed by atoms with van der Waals surface area (Å²) in [5, 5.41) is 12.5. The van der Waals surface area contributed by atoms with Crippen LogP contribution in [0, 0.1) is 5.92 Å². The Kier molecular flexibility index (Phi) is 11.3. The van der Waals surface area contributed by atoms with E-state index >= 15 is 0 Å². The molecule has 6 nitrogen and oxygen atoms in total. The standard InChI is InChI=1S/C20H31N3O3.2ClH/c21-19(17-7-11-26-12-8-17)20(25)22-13-15-1-3-16(4-2-15)14-23-9-5-18(24)6-10-23;;/h1-4,17-19,24H,5-14,21H2,(H,22,25);2*1H. The lowest BCUT2D eigenvalue weighted by Crippen LogP contribution is -2.46. The molecule has 0 bridgehead atoms. The van der Waals surface area contributed by atoms with Gasteiger partial charge >= 0.3 is 0 Å². The van der Waals surface area contributed by atoms with E-state index in [0.29, 0.717) is 19.8 Å². The van der Waals surface area contributed by atoms with E-state index in [2.05, 4.69) is 34.5 Å². The summed E-state index contributed by atoms with van der Waals surface area (Å²) in [7, 11) is 0. The zero-order chi connectivity index (χ0) is 18.4. The predicted octanol–water partition coefficient (Wildman–Crippen LogP) is 1.86. The largest absolute Gasteiger partial charge is 0.393 e. The van der Waals surface area contributed by atoms with Gasteiger partial charge in [0.05, 0.1) is 12.1 Å². The van der Waals surface area contributed by atoms with Crippen molar-refractivity contribution in [3.63, 3.8) is 0 Å². The van der Waals surface area contributed by atoms with E-state index in [1.54, 1.807) is 0 Å². The van der Waals surface area contributed by atoms with Gasteiger partial charge in [-0.2, -0.15) is 0 Å². The van der Waals surface area contributed by atoms with Gasteiger partial charge in [-0.15, -0.1) is 24.8 Å². The van der Waals surface area contributed by atoms with E-state index in [-0.39, 0.29) is 42.7 Å². The van der Waals surface area contributed by atoms with Gasteiger partial charge in [0.1, 0.15) is 0 Å². The second kappa shape index (κ2) is 12.6. The quantitative estimate of drug-likeness (QED) is 0.636. The molecule has 8 heteroatoms. The maximum Gasteiger partial charge on any atom is 0.237 e. The molecule has 2 saturated heterocycles. The number of amides is 1. The topological polar surface area (TPSA) is 87.8 Å². The first-order chi connectivity index (χ1) is 12.6. The Hall–Kier alpha value is -0.890. The van der Waals surface area contributed by atoms with E-state index in [4.69, 9.17) is 10.5 Å². The normalized spacial score (nSPS) is 19.9. The van der Waals surface area contributed by atoms with Crippen molar-refractivity contribution in [3.8, 4) is 0 Å². The first kappa shape index (κ1) is 25.1. The van der Waals surface area contributed by atoms with E-state index in [9.17, 15) is 9.90 Å². The number of piperidine rings is 1. The van der Waals surface area contributed by atoms with Crippen LogP contribution >= 0.6 is 24.8 Å². The minimum atomic E-state index is -0.451. The molecule has 2 aliphatic heterocycles. The van der Waals surface area contributed by atoms with Gasteiger partial charge in [-0.1, -0.05) is 24.3 Å². The van der Waals surface area contributed by atoms with Crippen LogP contribution in [0.3, 0.4) is 0 Å². The molecule has 1 aromatic rings. The Morgan fingerprint density at radius 1 is 1.11 bits per heavy atom. The van der Waals surface area contributed by atoms with Crippen LogP contribution in [0.5, 0.6) is 0 Å². The van der Waals surface area contributed by atoms with Crippen molar-refractivity contribution in [3.05, 3.63) is 35.4 Å². The lowest BCUT2D eigenvalue weighted by molar-refractivity contribution is -0.124. The molecule has 2 aliphatic rings. The predicted molar refractivity (Wildman–Crippen MR) is 115 cm³/mol. The maximum atomic E-state index is 12.3. The second-order valence-corrected chi connectivity index (χ2v) is 7.52. The summed E-state index contributed by atoms with van der Waals surface area (Å²) in [6.07, 6.45) is 3.30. The van der Waals surface area contributed by atoms with Gasteiger partial charge in [0.25, 0.3) is 0 Å². The lowest BCUT2D eigenvalue weighted by atomic mass is 9.92. The Morgan fingerprint density at radius 2 is 1.68 bits per heavy atom. The van der Waals surface area contributed by atoms with Crippen molar-refractivity contribution in [2.75, 3.05) is 26.3 Å². The zero-order valence-corrected chi connectivity index (χ0v) is 17.9. The number of hydrogen-bond donors (Lipinski definition) is 3. The summed E-state index contributed by atoms with van der Waals surface area (Å²) in [6, 6.07) is 7.91. The monoisotopic (exact) mass is 433 g/mol. The molecule has 1 atom stereocenters. The molecule has 1 unspecified atom stereocenters. The third-order valence-electron chi connectivity index (χ3n) is 5.53. The smallest absolute Gasteiger partial charge is 0.237 e. The number of nitrogens with two attached hydrogens (primary N) is 1. The number of likely N-dealkylation sites (tertiary alicyclic amines) is 1. The van der Waals surface area contributed by atoms with Crippen molar-refractivity contribution >= 4 is 30.7 Å². The van der Waals surface area contributed by atoms with Crippen LogP contribution in [-0.4, -0.2) is 54.4 Å². The van der Waals surface area contributed by atoms with Crippen LogP contribution in [0.2, 0.25) is 0 Å². The first-order valence-corrected chi connectivity index (χ1v) is 9.71. The third-order valence-corrected chi connectivity index (χ3v) is 5.53. The van der Waals surface area contributed by atoms with Crippen molar-refractivity contribution in [2.24, 2.45) is 11.7 Å². The van der Waals surface area contributed by atoms with E-state index < -0.39 is 6.04 Å². The molecule has 4 N–H and O–H groups in total. The van der Waals surface area contributed by atoms with Crippen LogP contribution in [0.25, 0.3) is 0 Å². The lowest BCUT2D eigenvalue weighted by Gasteiger charge is -2.29. The van der Waals surface area contributed by atoms with Crippen molar-refractivity contribution in [1.82, 2.24) is 10.2 Å². The summed E-state index contributed by atoms with van der Waals surface area (Å²) >= 11 is 0. The number of aliphatic hydroxyl groups is 1. The molecule has 1 amide bonds. The van der Waals surface area contributed by atoms with Gasteiger partial charge < -0.3 is 20.9 Å². The fourth-order valence-corrected chi connectivity index (χ4v) is 3.69. The molecular weight excluding hydrogens is 401 g/mol. The molecule has 28 heavy (non-hydrogen) atoms. The molecule has 1 aromatic carbocycles. The highest BCUT2D eigenvalue weighted by Gasteiger charge is 2.26. The molecule has 2 fully saturated rings. The van der Waals surface area contributed by atoms with Crippen LogP contribution in [0.1, 0.15) is 36.8 Å². The molecule has 2 heterocycles. The SMILES string of the molecule is Cl.Cl.NC(C(=O)NCc1ccc(CN2CCC(O)CC2)cc1)C1CCOCC1. The molecule has 0 aliphatic carbocycles. The minimum absolute atomic E-state index is 0. The van der Waals surface area contributed by atoms with Gasteiger partial charge in [0, 0.05) is 39.4 Å². The molecule has 0 aromatic heterocycles. The number of nitrogens with zero attached hydrogens (tertiary/aromatic N) is 1. The number of halogens is 2. The highest BCUT2D eigenvalue weighted by Crippen LogP contribution is 2.18. The summed E-state index contributed by atoms with van der Waals surface area (Å²) in [5.41, 5.74) is 8.44. The van der Waals surface area contributed by atoms with Crippen LogP contribution in [-0.2, 0) is 22.6 Å². The third kappa shape index (κ3) is 7.50. The van der Waals surface area contributed by atoms with Crippen molar-refractivity contribution < 1.29 is 14.6 Å². The van der Waals surface area contributed by atoms with Crippen molar-refractivity contribution in [2.45, 2.75) is 50.9 Å². The molecule has 3 rings (SSSR count). The average Bonchev–Trinajstić information content (AvgIpc) is 2.69. The van der Waals surface area contributed by atoms with Gasteiger partial charge in [-0.05, 0) is 42.7 Å². The molecular formula is C20H33Cl2N3O3. The highest BCUT2D eigenvalue weighted by atomic mass is 35.5. The fraction of sp³-hybridized carbons (Fsp3) is 0.650. The minimum Gasteiger partial charge on any atom is -0.393 e. The Balaban J connectivity index is 0.00000196. The average molecular weight is 434 g/mol. The second-order valence-electron chi connectivity index (χ2n) is 7.52. The number of carbonyl (C=O) groups excluding carboxylic acids is 1. The zero-order valence-electron chi connectivity index (χ0n) is 16.2. The maximum absolute atomic E-state index is 12.3. The van der Waals surface area contributed by atoms with Crippen LogP contribution in [0.4, 0.5) is 0 Å². The van der Waals surface area contributed by atoms with E-state index in [1.807, 2.05) is 0 Å². The number of hydrogen-bond acceptors (Lipinski definition) is 5. The summed E-state index contributed by atoms with van der Waals surface area (Å²) in [5.74, 6) is 0.141. The fourth-order valence-electron chi connectivity index (χ4n) is 3.69. The van der Waals surface area contributed by atoms with Gasteiger partial charge in [0.15, 0.2) is 0 Å². The molecule has 0 spiro atoms. The van der Waals surface area contributed by atoms with Crippen molar-refractivity contribution in [1.29, 1.82) is 0 Å². The molecule has 0 saturated carbocycles. The molecule has 160 valence electrons. The summed E-state index contributed by atoms with van der Waals surface area (Å²) in [4.78, 5) is 14.6. The van der Waals surface area contributed by atoms with Gasteiger partial charge in [0.2, 0.25) is 5.91 Å². The number of ether oxygens (including phenoxy) is 1.